The van der Waals surface area contributed by atoms with Crippen molar-refractivity contribution in [2.24, 2.45) is 0 Å². The average molecular weight is 378 g/mol. The van der Waals surface area contributed by atoms with Gasteiger partial charge in [0.1, 0.15) is 11.9 Å². The summed E-state index contributed by atoms with van der Waals surface area (Å²) in [6.45, 7) is 14.4. The van der Waals surface area contributed by atoms with Crippen molar-refractivity contribution in [3.8, 4) is 0 Å². The van der Waals surface area contributed by atoms with Crippen LogP contribution in [0.2, 0.25) is 0 Å². The van der Waals surface area contributed by atoms with E-state index >= 15 is 0 Å². The SMILES string of the molecule is CC(C)OP(=O)(CN1CCC(NC(=O)OC(C)(C)C)CC1)OC(C)C. The van der Waals surface area contributed by atoms with E-state index < -0.39 is 13.2 Å². The second-order valence-electron chi connectivity index (χ2n) is 8.10. The van der Waals surface area contributed by atoms with E-state index in [0.717, 1.165) is 25.9 Å². The van der Waals surface area contributed by atoms with Crippen LogP contribution in [0.5, 0.6) is 0 Å². The molecular formula is C17H35N2O5P. The minimum Gasteiger partial charge on any atom is -0.444 e. The van der Waals surface area contributed by atoms with Gasteiger partial charge >= 0.3 is 13.7 Å². The van der Waals surface area contributed by atoms with Crippen molar-refractivity contribution in [2.75, 3.05) is 19.4 Å². The summed E-state index contributed by atoms with van der Waals surface area (Å²) < 4.78 is 29.4. The molecule has 1 aliphatic heterocycles. The zero-order valence-corrected chi connectivity index (χ0v) is 17.6. The van der Waals surface area contributed by atoms with Gasteiger partial charge in [0, 0.05) is 19.1 Å². The van der Waals surface area contributed by atoms with Gasteiger partial charge in [-0.1, -0.05) is 0 Å². The maximum Gasteiger partial charge on any atom is 0.407 e. The Balaban J connectivity index is 2.49. The predicted molar refractivity (Wildman–Crippen MR) is 98.9 cm³/mol. The first-order valence-corrected chi connectivity index (χ1v) is 10.8. The number of piperidine rings is 1. The molecular weight excluding hydrogens is 343 g/mol. The molecule has 1 heterocycles. The summed E-state index contributed by atoms with van der Waals surface area (Å²) >= 11 is 0. The quantitative estimate of drug-likeness (QED) is 0.676. The first kappa shape index (κ1) is 22.4. The van der Waals surface area contributed by atoms with Gasteiger partial charge in [0.05, 0.1) is 12.2 Å². The molecule has 148 valence electrons. The number of rotatable bonds is 7. The van der Waals surface area contributed by atoms with Crippen molar-refractivity contribution in [2.45, 2.75) is 85.2 Å². The summed E-state index contributed by atoms with van der Waals surface area (Å²) in [6, 6.07) is 0.0718. The zero-order valence-electron chi connectivity index (χ0n) is 16.7. The van der Waals surface area contributed by atoms with Crippen LogP contribution in [0.15, 0.2) is 0 Å². The van der Waals surface area contributed by atoms with Crippen LogP contribution >= 0.6 is 7.60 Å². The molecule has 1 rings (SSSR count). The van der Waals surface area contributed by atoms with Crippen LogP contribution in [0, 0.1) is 0 Å². The molecule has 0 aromatic carbocycles. The Labute approximate surface area is 152 Å². The molecule has 7 nitrogen and oxygen atoms in total. The molecule has 0 aromatic rings. The van der Waals surface area contributed by atoms with Gasteiger partial charge in [-0.25, -0.2) is 4.79 Å². The van der Waals surface area contributed by atoms with Gasteiger partial charge in [0.25, 0.3) is 0 Å². The summed E-state index contributed by atoms with van der Waals surface area (Å²) in [5.74, 6) is 0. The van der Waals surface area contributed by atoms with E-state index in [1.807, 2.05) is 48.5 Å². The number of nitrogens with zero attached hydrogens (tertiary/aromatic N) is 1. The maximum absolute atomic E-state index is 12.9. The first-order chi connectivity index (χ1) is 11.4. The highest BCUT2D eigenvalue weighted by atomic mass is 31.2. The molecule has 0 unspecified atom stereocenters. The van der Waals surface area contributed by atoms with E-state index in [1.165, 1.54) is 0 Å². The van der Waals surface area contributed by atoms with Crippen molar-refractivity contribution in [3.63, 3.8) is 0 Å². The molecule has 0 spiro atoms. The third kappa shape index (κ3) is 9.59. The number of ether oxygens (including phenoxy) is 1. The molecule has 1 fully saturated rings. The highest BCUT2D eigenvalue weighted by Crippen LogP contribution is 2.51. The number of carbonyl (C=O) groups is 1. The molecule has 1 saturated heterocycles. The third-order valence-corrected chi connectivity index (χ3v) is 5.66. The number of nitrogens with one attached hydrogen (secondary N) is 1. The standard InChI is InChI=1S/C17H35N2O5P/c1-13(2)23-25(21,24-14(3)4)12-19-10-8-15(9-11-19)18-16(20)22-17(5,6)7/h13-15H,8-12H2,1-7H3,(H,18,20). The molecule has 0 saturated carbocycles. The minimum atomic E-state index is -3.16. The third-order valence-electron chi connectivity index (χ3n) is 3.42. The van der Waals surface area contributed by atoms with Crippen LogP contribution in [-0.2, 0) is 18.3 Å². The fraction of sp³-hybridized carbons (Fsp3) is 0.941. The van der Waals surface area contributed by atoms with Crippen LogP contribution < -0.4 is 5.32 Å². The normalized spacial score (nSPS) is 18.0. The van der Waals surface area contributed by atoms with Crippen LogP contribution in [-0.4, -0.2) is 54.2 Å². The Morgan fingerprint density at radius 1 is 1.12 bits per heavy atom. The number of amides is 1. The van der Waals surface area contributed by atoms with E-state index in [0.29, 0.717) is 0 Å². The highest BCUT2D eigenvalue weighted by Gasteiger charge is 2.33. The van der Waals surface area contributed by atoms with Gasteiger partial charge in [-0.15, -0.1) is 0 Å². The second kappa shape index (κ2) is 9.36. The first-order valence-electron chi connectivity index (χ1n) is 9.06. The lowest BCUT2D eigenvalue weighted by atomic mass is 10.1. The van der Waals surface area contributed by atoms with Gasteiger partial charge in [-0.3, -0.25) is 9.46 Å². The number of carbonyl (C=O) groups excluding carboxylic acids is 1. The lowest BCUT2D eigenvalue weighted by Gasteiger charge is -2.35. The molecule has 8 heteroatoms. The lowest BCUT2D eigenvalue weighted by molar-refractivity contribution is 0.0477. The van der Waals surface area contributed by atoms with Crippen LogP contribution in [0.4, 0.5) is 4.79 Å². The summed E-state index contributed by atoms with van der Waals surface area (Å²) in [6.07, 6.45) is 1.14. The van der Waals surface area contributed by atoms with E-state index in [4.69, 9.17) is 13.8 Å². The molecule has 0 aromatic heterocycles. The molecule has 1 aliphatic rings. The number of likely N-dealkylation sites (tertiary alicyclic amines) is 1. The van der Waals surface area contributed by atoms with E-state index in [1.54, 1.807) is 0 Å². The average Bonchev–Trinajstić information content (AvgIpc) is 2.36. The zero-order chi connectivity index (χ0) is 19.3. The van der Waals surface area contributed by atoms with Crippen molar-refractivity contribution in [1.29, 1.82) is 0 Å². The summed E-state index contributed by atoms with van der Waals surface area (Å²) in [5, 5.41) is 2.90. The fourth-order valence-corrected chi connectivity index (χ4v) is 4.91. The molecule has 1 N–H and O–H groups in total. The summed E-state index contributed by atoms with van der Waals surface area (Å²) in [7, 11) is -3.16. The smallest absolute Gasteiger partial charge is 0.407 e. The second-order valence-corrected chi connectivity index (χ2v) is 10.0. The Bertz CT molecular complexity index is 454. The van der Waals surface area contributed by atoms with Gasteiger partial charge in [0.2, 0.25) is 0 Å². The van der Waals surface area contributed by atoms with Crippen LogP contribution in [0.1, 0.15) is 61.3 Å². The van der Waals surface area contributed by atoms with Crippen molar-refractivity contribution >= 4 is 13.7 Å². The van der Waals surface area contributed by atoms with Gasteiger partial charge in [-0.05, 0) is 61.3 Å². The van der Waals surface area contributed by atoms with Crippen molar-refractivity contribution < 1.29 is 23.1 Å². The Hall–Kier alpha value is -0.620. The molecule has 1 amide bonds. The van der Waals surface area contributed by atoms with Gasteiger partial charge in [0.15, 0.2) is 0 Å². The van der Waals surface area contributed by atoms with Crippen molar-refractivity contribution in [1.82, 2.24) is 10.2 Å². The Morgan fingerprint density at radius 2 is 1.60 bits per heavy atom. The lowest BCUT2D eigenvalue weighted by Crippen LogP contribution is -2.46. The van der Waals surface area contributed by atoms with E-state index in [2.05, 4.69) is 10.2 Å². The maximum atomic E-state index is 12.9. The van der Waals surface area contributed by atoms with Gasteiger partial charge in [-0.2, -0.15) is 0 Å². The fourth-order valence-electron chi connectivity index (χ4n) is 2.67. The van der Waals surface area contributed by atoms with Gasteiger partial charge < -0.3 is 19.1 Å². The number of hydrogen-bond acceptors (Lipinski definition) is 6. The molecule has 25 heavy (non-hydrogen) atoms. The van der Waals surface area contributed by atoms with Crippen LogP contribution in [0.3, 0.4) is 0 Å². The van der Waals surface area contributed by atoms with Crippen LogP contribution in [0.25, 0.3) is 0 Å². The number of alkyl carbamates (subject to hydrolysis) is 1. The Morgan fingerprint density at radius 3 is 2.00 bits per heavy atom. The summed E-state index contributed by atoms with van der Waals surface area (Å²) in [5.41, 5.74) is -0.500. The summed E-state index contributed by atoms with van der Waals surface area (Å²) in [4.78, 5) is 13.9. The molecule has 0 atom stereocenters. The largest absolute Gasteiger partial charge is 0.444 e. The van der Waals surface area contributed by atoms with Crippen molar-refractivity contribution in [3.05, 3.63) is 0 Å². The van der Waals surface area contributed by atoms with E-state index in [9.17, 15) is 9.36 Å². The monoisotopic (exact) mass is 378 g/mol. The highest BCUT2D eigenvalue weighted by molar-refractivity contribution is 7.53. The molecule has 0 radical (unpaired) electrons. The topological polar surface area (TPSA) is 77.1 Å². The number of hydrogen-bond donors (Lipinski definition) is 1. The minimum absolute atomic E-state index is 0.0718. The molecule has 0 bridgehead atoms. The van der Waals surface area contributed by atoms with E-state index in [-0.39, 0.29) is 30.6 Å². The molecule has 0 aliphatic carbocycles. The predicted octanol–water partition coefficient (Wildman–Crippen LogP) is 3.98. The Kier molecular flexibility index (Phi) is 8.39.